The molecule has 18 heteroatoms. The van der Waals surface area contributed by atoms with Gasteiger partial charge >= 0.3 is 0 Å². The lowest BCUT2D eigenvalue weighted by Crippen LogP contribution is -2.52. The van der Waals surface area contributed by atoms with Crippen LogP contribution in [0.25, 0.3) is 44.7 Å². The molecule has 3 aliphatic rings. The summed E-state index contributed by atoms with van der Waals surface area (Å²) >= 11 is 0. The number of carbonyl (C=O) groups excluding carboxylic acids is 2. The molecule has 318 valence electrons. The van der Waals surface area contributed by atoms with Crippen molar-refractivity contribution in [1.29, 1.82) is 0 Å². The number of likely N-dealkylation sites (tertiary alicyclic amines) is 2. The molecule has 8 N–H and O–H groups in total. The highest BCUT2D eigenvalue weighted by Crippen LogP contribution is 2.42. The molecule has 2 amide bonds. The van der Waals surface area contributed by atoms with Crippen LogP contribution in [0.2, 0.25) is 0 Å². The van der Waals surface area contributed by atoms with Gasteiger partial charge in [-0.25, -0.2) is 9.97 Å². The Hall–Kier alpha value is -5.79. The molecule has 2 aromatic carbocycles. The molecule has 8 rings (SSSR count). The average molecular weight is 823 g/mol. The van der Waals surface area contributed by atoms with Crippen LogP contribution < -0.4 is 26.5 Å². The number of hydrogen-bond donors (Lipinski definition) is 7. The molecule has 5 unspecified atom stereocenters. The number of aromatic nitrogens is 5. The predicted octanol–water partition coefficient (Wildman–Crippen LogP) is 3.36. The van der Waals surface area contributed by atoms with Gasteiger partial charge < -0.3 is 54.8 Å². The molecule has 0 radical (unpaired) electrons. The van der Waals surface area contributed by atoms with Crippen molar-refractivity contribution in [2.24, 2.45) is 16.8 Å². The summed E-state index contributed by atoms with van der Waals surface area (Å²) in [5.74, 6) is 2.05. The molecule has 0 aliphatic carbocycles. The van der Waals surface area contributed by atoms with E-state index in [1.165, 1.54) is 7.11 Å². The van der Waals surface area contributed by atoms with E-state index in [0.29, 0.717) is 19.8 Å². The van der Waals surface area contributed by atoms with Gasteiger partial charge in [0.1, 0.15) is 29.8 Å². The molecule has 0 saturated carbocycles. The maximum Gasteiger partial charge on any atom is 0.242 e. The number of benzene rings is 2. The summed E-state index contributed by atoms with van der Waals surface area (Å²) in [6, 6.07) is 13.2. The second-order valence-corrected chi connectivity index (χ2v) is 15.8. The third-order valence-electron chi connectivity index (χ3n) is 11.7. The van der Waals surface area contributed by atoms with Crippen LogP contribution in [-0.4, -0.2) is 117 Å². The molecule has 2 saturated heterocycles. The van der Waals surface area contributed by atoms with Crippen LogP contribution in [0.15, 0.2) is 60.0 Å². The van der Waals surface area contributed by atoms with Gasteiger partial charge in [0.2, 0.25) is 18.2 Å². The number of rotatable bonds is 16. The SMILES string of the molecule is COCNC(CNN=CN)C(=O)N1CCCC1c1ncc(-c2ccc3c(c2)cc2n3COc3cc(-c4cnc(C5CCCN5C(=O)C(NC(O)OC)C(C)C)[nH]4)ccc3-2)[nH]1. The van der Waals surface area contributed by atoms with Gasteiger partial charge in [-0.05, 0) is 61.9 Å². The Bertz CT molecular complexity index is 2340. The lowest BCUT2D eigenvalue weighted by atomic mass is 10.0. The number of aliphatic hydroxyl groups is 1. The van der Waals surface area contributed by atoms with Gasteiger partial charge in [-0.3, -0.25) is 20.2 Å². The monoisotopic (exact) mass is 822 g/mol. The molecule has 3 aliphatic heterocycles. The lowest BCUT2D eigenvalue weighted by molar-refractivity contribution is -0.145. The van der Waals surface area contributed by atoms with Crippen molar-refractivity contribution in [1.82, 2.24) is 50.4 Å². The van der Waals surface area contributed by atoms with E-state index in [2.05, 4.69) is 72.1 Å². The molecule has 2 fully saturated rings. The van der Waals surface area contributed by atoms with Gasteiger partial charge in [-0.2, -0.15) is 5.10 Å². The zero-order chi connectivity index (χ0) is 41.9. The van der Waals surface area contributed by atoms with E-state index in [1.54, 1.807) is 7.11 Å². The highest BCUT2D eigenvalue weighted by molar-refractivity contribution is 5.92. The Balaban J connectivity index is 0.982. The number of aromatic amines is 2. The molecule has 3 aromatic heterocycles. The number of aliphatic hydroxyl groups excluding tert-OH is 1. The van der Waals surface area contributed by atoms with Crippen molar-refractivity contribution in [3.8, 4) is 39.5 Å². The molecule has 5 aromatic rings. The maximum atomic E-state index is 13.7. The highest BCUT2D eigenvalue weighted by atomic mass is 16.6. The van der Waals surface area contributed by atoms with E-state index in [1.807, 2.05) is 42.1 Å². The first-order valence-electron chi connectivity index (χ1n) is 20.5. The summed E-state index contributed by atoms with van der Waals surface area (Å²) in [6.45, 7) is 5.96. The minimum Gasteiger partial charge on any atom is -0.472 e. The normalized spacial score (nSPS) is 19.2. The van der Waals surface area contributed by atoms with Gasteiger partial charge in [0.15, 0.2) is 6.73 Å². The minimum atomic E-state index is -1.23. The van der Waals surface area contributed by atoms with Gasteiger partial charge in [0, 0.05) is 49.4 Å². The van der Waals surface area contributed by atoms with Gasteiger partial charge in [0.05, 0.1) is 66.4 Å². The maximum absolute atomic E-state index is 13.7. The summed E-state index contributed by atoms with van der Waals surface area (Å²) in [5.41, 5.74) is 14.9. The Morgan fingerprint density at radius 3 is 2.30 bits per heavy atom. The summed E-state index contributed by atoms with van der Waals surface area (Å²) < 4.78 is 18.7. The van der Waals surface area contributed by atoms with Crippen LogP contribution >= 0.6 is 0 Å². The van der Waals surface area contributed by atoms with Crippen LogP contribution in [0.3, 0.4) is 0 Å². The smallest absolute Gasteiger partial charge is 0.242 e. The molecule has 0 bridgehead atoms. The molecule has 0 spiro atoms. The fourth-order valence-electron chi connectivity index (χ4n) is 8.67. The first-order valence-corrected chi connectivity index (χ1v) is 20.5. The Kier molecular flexibility index (Phi) is 12.2. The Labute approximate surface area is 347 Å². The van der Waals surface area contributed by atoms with Crippen molar-refractivity contribution < 1.29 is 28.9 Å². The number of nitrogens with one attached hydrogen (secondary N) is 5. The number of ether oxygens (including phenoxy) is 3. The lowest BCUT2D eigenvalue weighted by Gasteiger charge is -2.31. The summed E-state index contributed by atoms with van der Waals surface area (Å²) in [5, 5.41) is 21.0. The molecule has 6 heterocycles. The van der Waals surface area contributed by atoms with Crippen LogP contribution in [-0.2, 0) is 25.8 Å². The molecule has 60 heavy (non-hydrogen) atoms. The van der Waals surface area contributed by atoms with E-state index in [-0.39, 0.29) is 43.1 Å². The van der Waals surface area contributed by atoms with Gasteiger partial charge in [-0.15, -0.1) is 0 Å². The van der Waals surface area contributed by atoms with E-state index in [4.69, 9.17) is 29.9 Å². The molecular formula is C42H54N12O6. The number of imidazole rings is 2. The third-order valence-corrected chi connectivity index (χ3v) is 11.7. The number of hydrazone groups is 1. The molecular weight excluding hydrogens is 769 g/mol. The highest BCUT2D eigenvalue weighted by Gasteiger charge is 2.38. The van der Waals surface area contributed by atoms with Crippen molar-refractivity contribution in [3.05, 3.63) is 66.5 Å². The topological polar surface area (TPSA) is 225 Å². The van der Waals surface area contributed by atoms with Crippen LogP contribution in [0.4, 0.5) is 0 Å². The quantitative estimate of drug-likeness (QED) is 0.0330. The summed E-state index contributed by atoms with van der Waals surface area (Å²) in [7, 11) is 2.96. The second-order valence-electron chi connectivity index (χ2n) is 15.8. The van der Waals surface area contributed by atoms with E-state index < -0.39 is 18.5 Å². The number of hydrogen-bond acceptors (Lipinski definition) is 12. The van der Waals surface area contributed by atoms with Crippen molar-refractivity contribution in [2.75, 3.05) is 40.6 Å². The van der Waals surface area contributed by atoms with Crippen LogP contribution in [0, 0.1) is 5.92 Å². The molecule has 18 nitrogen and oxygen atoms in total. The second kappa shape index (κ2) is 17.8. The molecule has 5 atom stereocenters. The van der Waals surface area contributed by atoms with Crippen molar-refractivity contribution in [2.45, 2.75) is 76.8 Å². The standard InChI is InChI=1S/C42H54N12O6/c1-24(2)37(51-42(57)59-4)41(56)53-14-6-8-34(53)39-45-19-30(50-39)26-9-11-28-35-16-27-15-25(10-12-32(27)54(35)23-60-36(28)17-26)29-18-44-38(49-29)33-7-5-13-52(33)40(55)31(46-22-58-3)20-47-48-21-43/h9-12,15-19,21,24,31,33-34,37,42,46-47,51,57H,5-8,13-14,20,22-23H2,1-4H3,(H2,43,48)(H,44,49)(H,45,50). The van der Waals surface area contributed by atoms with Crippen LogP contribution in [0.5, 0.6) is 5.75 Å². The van der Waals surface area contributed by atoms with Crippen molar-refractivity contribution in [3.63, 3.8) is 0 Å². The van der Waals surface area contributed by atoms with Gasteiger partial charge in [-0.1, -0.05) is 26.0 Å². The number of fused-ring (bicyclic) bond motifs is 5. The number of amides is 2. The fourth-order valence-corrected chi connectivity index (χ4v) is 8.67. The number of nitrogens with zero attached hydrogens (tertiary/aromatic N) is 6. The Morgan fingerprint density at radius 1 is 0.983 bits per heavy atom. The van der Waals surface area contributed by atoms with Crippen LogP contribution in [0.1, 0.15) is 63.3 Å². The number of methoxy groups -OCH3 is 2. The fraction of sp³-hybridized carbons (Fsp3) is 0.452. The first kappa shape index (κ1) is 41.0. The first-order chi connectivity index (χ1) is 29.2. The van der Waals surface area contributed by atoms with E-state index in [9.17, 15) is 14.7 Å². The summed E-state index contributed by atoms with van der Waals surface area (Å²) in [4.78, 5) is 47.6. The minimum absolute atomic E-state index is 0.0556. The predicted molar refractivity (Wildman–Crippen MR) is 225 cm³/mol. The zero-order valence-electron chi connectivity index (χ0n) is 34.4. The number of H-pyrrole nitrogens is 2. The Morgan fingerprint density at radius 2 is 1.65 bits per heavy atom. The zero-order valence-corrected chi connectivity index (χ0v) is 34.4. The summed E-state index contributed by atoms with van der Waals surface area (Å²) in [6.07, 6.45) is 6.88. The number of carbonyl (C=O) groups is 2. The van der Waals surface area contributed by atoms with Crippen molar-refractivity contribution >= 4 is 29.1 Å². The average Bonchev–Trinajstić information content (AvgIpc) is 4.12. The van der Waals surface area contributed by atoms with E-state index >= 15 is 0 Å². The van der Waals surface area contributed by atoms with Gasteiger partial charge in [0.25, 0.3) is 0 Å². The van der Waals surface area contributed by atoms with E-state index in [0.717, 1.165) is 94.1 Å². The third kappa shape index (κ3) is 8.08. The largest absolute Gasteiger partial charge is 0.472 e. The number of nitrogens with two attached hydrogens (primary N) is 1.